The third-order valence-electron chi connectivity index (χ3n) is 2.58. The standard InChI is InChI=1S/C14H17INO4/c1-11(2)13(8-17)16(20-10-15)14(18)19-9-12-6-4-3-5-7-12/h3-7,11,13H,9-10H2,1-2H3/t13-/m1/s1. The number of carbonyl (C=O) groups excluding carboxylic acids is 2. The van der Waals surface area contributed by atoms with Gasteiger partial charge in [0.25, 0.3) is 0 Å². The highest BCUT2D eigenvalue weighted by Crippen LogP contribution is 2.13. The van der Waals surface area contributed by atoms with Crippen molar-refractivity contribution in [3.63, 3.8) is 0 Å². The molecule has 0 fully saturated rings. The highest BCUT2D eigenvalue weighted by molar-refractivity contribution is 14.1. The summed E-state index contributed by atoms with van der Waals surface area (Å²) in [5, 5.41) is 0.951. The van der Waals surface area contributed by atoms with Crippen molar-refractivity contribution in [3.05, 3.63) is 35.9 Å². The van der Waals surface area contributed by atoms with Crippen LogP contribution in [0.5, 0.6) is 0 Å². The molecule has 0 bridgehead atoms. The van der Waals surface area contributed by atoms with E-state index in [2.05, 4.69) is 0 Å². The van der Waals surface area contributed by atoms with Crippen LogP contribution in [0, 0.1) is 5.92 Å². The normalized spacial score (nSPS) is 12.0. The van der Waals surface area contributed by atoms with Gasteiger partial charge in [0.05, 0.1) is 0 Å². The minimum absolute atomic E-state index is 0.111. The topological polar surface area (TPSA) is 55.8 Å². The summed E-state index contributed by atoms with van der Waals surface area (Å²) in [6.45, 7) is 3.75. The predicted molar refractivity (Wildman–Crippen MR) is 82.8 cm³/mol. The van der Waals surface area contributed by atoms with Crippen LogP contribution >= 0.6 is 22.6 Å². The Labute approximate surface area is 132 Å². The minimum Gasteiger partial charge on any atom is -0.443 e. The van der Waals surface area contributed by atoms with Gasteiger partial charge in [0.2, 0.25) is 6.29 Å². The van der Waals surface area contributed by atoms with Gasteiger partial charge in [-0.2, -0.15) is 5.06 Å². The molecule has 1 amide bonds. The van der Waals surface area contributed by atoms with E-state index < -0.39 is 12.1 Å². The molecule has 0 saturated heterocycles. The molecule has 1 aromatic carbocycles. The molecule has 0 aliphatic carbocycles. The number of alkyl halides is 1. The number of hydrogen-bond donors (Lipinski definition) is 0. The van der Waals surface area contributed by atoms with E-state index in [9.17, 15) is 9.59 Å². The fraction of sp³-hybridized carbons (Fsp3) is 0.429. The summed E-state index contributed by atoms with van der Waals surface area (Å²) < 4.78 is 5.39. The van der Waals surface area contributed by atoms with E-state index in [-0.39, 0.29) is 17.1 Å². The second-order valence-electron chi connectivity index (χ2n) is 4.41. The number of hydroxylamine groups is 2. The monoisotopic (exact) mass is 390 g/mol. The summed E-state index contributed by atoms with van der Waals surface area (Å²) in [5.41, 5.74) is 0.867. The van der Waals surface area contributed by atoms with Crippen LogP contribution in [0.3, 0.4) is 0 Å². The van der Waals surface area contributed by atoms with Gasteiger partial charge in [-0.15, -0.1) is 0 Å². The highest BCUT2D eigenvalue weighted by atomic mass is 127. The van der Waals surface area contributed by atoms with Crippen LogP contribution in [0.2, 0.25) is 0 Å². The molecule has 5 nitrogen and oxygen atoms in total. The fourth-order valence-corrected chi connectivity index (χ4v) is 1.84. The molecule has 6 heteroatoms. The van der Waals surface area contributed by atoms with Crippen LogP contribution in [0.15, 0.2) is 30.3 Å². The molecule has 0 N–H and O–H groups in total. The molecule has 0 aromatic heterocycles. The first-order valence-electron chi connectivity index (χ1n) is 6.16. The zero-order valence-electron chi connectivity index (χ0n) is 11.4. The largest absolute Gasteiger partial charge is 0.443 e. The van der Waals surface area contributed by atoms with Gasteiger partial charge >= 0.3 is 6.09 Å². The second kappa shape index (κ2) is 8.91. The molecule has 1 rings (SSSR count). The average Bonchev–Trinajstić information content (AvgIpc) is 2.45. The van der Waals surface area contributed by atoms with E-state index in [1.54, 1.807) is 0 Å². The number of ether oxygens (including phenoxy) is 1. The van der Waals surface area contributed by atoms with Gasteiger partial charge in [-0.3, -0.25) is 9.63 Å². The zero-order valence-corrected chi connectivity index (χ0v) is 13.6. The van der Waals surface area contributed by atoms with Crippen molar-refractivity contribution in [2.75, 3.05) is 4.61 Å². The first-order valence-corrected chi connectivity index (χ1v) is 7.69. The maximum absolute atomic E-state index is 12.0. The lowest BCUT2D eigenvalue weighted by Crippen LogP contribution is -2.44. The quantitative estimate of drug-likeness (QED) is 0.408. The third kappa shape index (κ3) is 5.09. The lowest BCUT2D eigenvalue weighted by atomic mass is 10.1. The summed E-state index contributed by atoms with van der Waals surface area (Å²) >= 11 is 1.95. The van der Waals surface area contributed by atoms with E-state index >= 15 is 0 Å². The van der Waals surface area contributed by atoms with Crippen LogP contribution in [0.1, 0.15) is 19.4 Å². The molecule has 0 aliphatic rings. The summed E-state index contributed by atoms with van der Waals surface area (Å²) in [5.74, 6) is -0.111. The van der Waals surface area contributed by atoms with Crippen LogP contribution < -0.4 is 0 Å². The Balaban J connectivity index is 2.66. The summed E-state index contributed by atoms with van der Waals surface area (Å²) in [6.07, 6.45) is 1.12. The second-order valence-corrected chi connectivity index (χ2v) is 5.03. The summed E-state index contributed by atoms with van der Waals surface area (Å²) in [6, 6.07) is 8.52. The minimum atomic E-state index is -0.784. The molecular formula is C14H17INO4. The Morgan fingerprint density at radius 1 is 1.35 bits per heavy atom. The number of carbonyl (C=O) groups is 1. The van der Waals surface area contributed by atoms with Gasteiger partial charge in [0.1, 0.15) is 17.3 Å². The first kappa shape index (κ1) is 16.9. The number of nitrogens with zero attached hydrogens (tertiary/aromatic N) is 1. The van der Waals surface area contributed by atoms with Gasteiger partial charge in [-0.1, -0.05) is 66.8 Å². The number of rotatable bonds is 7. The van der Waals surface area contributed by atoms with Crippen molar-refractivity contribution in [3.8, 4) is 0 Å². The molecule has 0 spiro atoms. The molecule has 1 atom stereocenters. The zero-order chi connectivity index (χ0) is 15.0. The van der Waals surface area contributed by atoms with Crippen LogP contribution in [0.4, 0.5) is 4.79 Å². The molecule has 20 heavy (non-hydrogen) atoms. The van der Waals surface area contributed by atoms with Crippen molar-refractivity contribution in [2.45, 2.75) is 26.5 Å². The molecule has 1 aromatic rings. The first-order chi connectivity index (χ1) is 9.60. The van der Waals surface area contributed by atoms with Crippen molar-refractivity contribution >= 4 is 35.0 Å². The average molecular weight is 390 g/mol. The van der Waals surface area contributed by atoms with Crippen LogP contribution in [-0.2, 0) is 21.0 Å². The molecule has 0 heterocycles. The van der Waals surface area contributed by atoms with Gasteiger partial charge in [0, 0.05) is 0 Å². The van der Waals surface area contributed by atoms with Crippen molar-refractivity contribution in [1.29, 1.82) is 0 Å². The Hall–Kier alpha value is -1.15. The fourth-order valence-electron chi connectivity index (χ4n) is 1.54. The number of benzene rings is 1. The predicted octanol–water partition coefficient (Wildman–Crippen LogP) is 3.08. The number of halogens is 1. The number of amides is 1. The van der Waals surface area contributed by atoms with E-state index in [0.29, 0.717) is 0 Å². The highest BCUT2D eigenvalue weighted by Gasteiger charge is 2.29. The Kier molecular flexibility index (Phi) is 7.53. The van der Waals surface area contributed by atoms with E-state index in [0.717, 1.165) is 10.6 Å². The van der Waals surface area contributed by atoms with Gasteiger partial charge in [0.15, 0.2) is 0 Å². The SMILES string of the molecule is CC(C)[C@@H]([C]=O)N(OCI)C(=O)OCc1ccccc1. The Morgan fingerprint density at radius 2 is 2.00 bits per heavy atom. The molecule has 109 valence electrons. The third-order valence-corrected chi connectivity index (χ3v) is 2.86. The molecule has 0 saturated carbocycles. The summed E-state index contributed by atoms with van der Waals surface area (Å²) in [4.78, 5) is 28.2. The molecule has 1 radical (unpaired) electrons. The molecule has 0 unspecified atom stereocenters. The van der Waals surface area contributed by atoms with E-state index in [4.69, 9.17) is 9.57 Å². The van der Waals surface area contributed by atoms with Gasteiger partial charge in [-0.25, -0.2) is 4.79 Å². The van der Waals surface area contributed by atoms with Crippen LogP contribution in [0.25, 0.3) is 0 Å². The Morgan fingerprint density at radius 3 is 2.50 bits per heavy atom. The number of hydrogen-bond acceptors (Lipinski definition) is 4. The lowest BCUT2D eigenvalue weighted by molar-refractivity contribution is -0.135. The maximum Gasteiger partial charge on any atom is 0.435 e. The van der Waals surface area contributed by atoms with Gasteiger partial charge < -0.3 is 4.74 Å². The molecular weight excluding hydrogens is 373 g/mol. The van der Waals surface area contributed by atoms with Crippen LogP contribution in [-0.4, -0.2) is 28.1 Å². The van der Waals surface area contributed by atoms with E-state index in [1.807, 2.05) is 73.1 Å². The van der Waals surface area contributed by atoms with Crippen molar-refractivity contribution in [2.24, 2.45) is 5.92 Å². The van der Waals surface area contributed by atoms with Crippen molar-refractivity contribution in [1.82, 2.24) is 5.06 Å². The Bertz CT molecular complexity index is 424. The maximum atomic E-state index is 12.0. The molecule has 0 aliphatic heterocycles. The van der Waals surface area contributed by atoms with Crippen molar-refractivity contribution < 1.29 is 19.2 Å². The lowest BCUT2D eigenvalue weighted by Gasteiger charge is -2.27. The summed E-state index contributed by atoms with van der Waals surface area (Å²) in [7, 11) is 0. The van der Waals surface area contributed by atoms with E-state index in [1.165, 1.54) is 0 Å². The smallest absolute Gasteiger partial charge is 0.435 e. The van der Waals surface area contributed by atoms with Gasteiger partial charge in [-0.05, 0) is 11.5 Å².